The topological polar surface area (TPSA) is 97.6 Å². The number of ether oxygens (including phenoxy) is 1. The van der Waals surface area contributed by atoms with Gasteiger partial charge in [-0.25, -0.2) is 14.5 Å². The van der Waals surface area contributed by atoms with Gasteiger partial charge in [0.1, 0.15) is 12.7 Å². The average Bonchev–Trinajstić information content (AvgIpc) is 3.07. The summed E-state index contributed by atoms with van der Waals surface area (Å²) in [5.74, 6) is -1.26. The fraction of sp³-hybridized carbons (Fsp3) is 0.375. The van der Waals surface area contributed by atoms with Crippen molar-refractivity contribution < 1.29 is 19.4 Å². The first-order valence-electron chi connectivity index (χ1n) is 7.59. The van der Waals surface area contributed by atoms with Gasteiger partial charge in [-0.2, -0.15) is 5.10 Å². The molecular formula is C16H18N4O4. The van der Waals surface area contributed by atoms with Crippen LogP contribution in [0.3, 0.4) is 0 Å². The van der Waals surface area contributed by atoms with Crippen LogP contribution in [0.15, 0.2) is 30.9 Å². The smallest absolute Gasteiger partial charge is 0.334 e. The van der Waals surface area contributed by atoms with E-state index in [1.54, 1.807) is 36.1 Å². The van der Waals surface area contributed by atoms with E-state index in [0.717, 1.165) is 11.3 Å². The Balaban J connectivity index is 1.82. The maximum absolute atomic E-state index is 12.7. The second-order valence-corrected chi connectivity index (χ2v) is 5.83. The van der Waals surface area contributed by atoms with E-state index < -0.39 is 12.1 Å². The van der Waals surface area contributed by atoms with Crippen LogP contribution in [0.1, 0.15) is 22.8 Å². The summed E-state index contributed by atoms with van der Waals surface area (Å²) in [4.78, 5) is 29.3. The molecule has 1 fully saturated rings. The predicted molar refractivity (Wildman–Crippen MR) is 84.0 cm³/mol. The van der Waals surface area contributed by atoms with Gasteiger partial charge < -0.3 is 14.7 Å². The van der Waals surface area contributed by atoms with Crippen molar-refractivity contribution in [3.05, 3.63) is 42.0 Å². The highest BCUT2D eigenvalue weighted by atomic mass is 16.5. The van der Waals surface area contributed by atoms with Gasteiger partial charge in [0.15, 0.2) is 6.10 Å². The van der Waals surface area contributed by atoms with Crippen LogP contribution < -0.4 is 0 Å². The number of aryl methyl sites for hydroxylation is 1. The van der Waals surface area contributed by atoms with Crippen molar-refractivity contribution >= 4 is 11.9 Å². The minimum Gasteiger partial charge on any atom is -0.479 e. The molecule has 2 heterocycles. The summed E-state index contributed by atoms with van der Waals surface area (Å²) in [5, 5.41) is 13.2. The van der Waals surface area contributed by atoms with Gasteiger partial charge in [-0.1, -0.05) is 0 Å². The molecule has 126 valence electrons. The highest BCUT2D eigenvalue weighted by Crippen LogP contribution is 2.19. The molecule has 1 aliphatic rings. The minimum atomic E-state index is -1.06. The van der Waals surface area contributed by atoms with Crippen LogP contribution in [-0.4, -0.2) is 61.9 Å². The molecule has 1 aliphatic heterocycles. The lowest BCUT2D eigenvalue weighted by molar-refractivity contribution is -0.160. The molecule has 2 aromatic rings. The van der Waals surface area contributed by atoms with Crippen LogP contribution in [-0.2, 0) is 9.53 Å². The third kappa shape index (κ3) is 3.13. The first-order chi connectivity index (χ1) is 11.5. The Kier molecular flexibility index (Phi) is 4.30. The largest absolute Gasteiger partial charge is 0.479 e. The standard InChI is InChI=1S/C16H18N4O4/c1-10-5-12(3-4-13(10)20-9-17-8-18-20)15(21)19-6-11(2)24-14(7-19)16(22)23/h3-5,8-9,11,14H,6-7H2,1-2H3,(H,22,23)/t11-,14?/m1/s1. The zero-order valence-electron chi connectivity index (χ0n) is 13.4. The zero-order valence-corrected chi connectivity index (χ0v) is 13.4. The number of carbonyl (C=O) groups excluding carboxylic acids is 1. The number of rotatable bonds is 3. The minimum absolute atomic E-state index is 0.0440. The van der Waals surface area contributed by atoms with Crippen molar-refractivity contribution in [2.45, 2.75) is 26.1 Å². The number of amides is 1. The van der Waals surface area contributed by atoms with Gasteiger partial charge in [0, 0.05) is 12.1 Å². The van der Waals surface area contributed by atoms with E-state index in [9.17, 15) is 9.59 Å². The molecule has 0 radical (unpaired) electrons. The van der Waals surface area contributed by atoms with Gasteiger partial charge in [-0.15, -0.1) is 0 Å². The fourth-order valence-electron chi connectivity index (χ4n) is 2.81. The van der Waals surface area contributed by atoms with E-state index in [1.807, 2.05) is 6.92 Å². The number of hydrogen-bond donors (Lipinski definition) is 1. The summed E-state index contributed by atoms with van der Waals surface area (Å²) >= 11 is 0. The molecule has 8 nitrogen and oxygen atoms in total. The van der Waals surface area contributed by atoms with Crippen LogP contribution in [0, 0.1) is 6.92 Å². The lowest BCUT2D eigenvalue weighted by Gasteiger charge is -2.35. The van der Waals surface area contributed by atoms with Gasteiger partial charge in [0.2, 0.25) is 0 Å². The molecule has 1 unspecified atom stereocenters. The monoisotopic (exact) mass is 330 g/mol. The number of aromatic nitrogens is 3. The number of benzene rings is 1. The van der Waals surface area contributed by atoms with Crippen LogP contribution in [0.25, 0.3) is 5.69 Å². The molecule has 0 saturated carbocycles. The molecule has 1 aromatic heterocycles. The van der Waals surface area contributed by atoms with E-state index in [1.165, 1.54) is 11.2 Å². The second-order valence-electron chi connectivity index (χ2n) is 5.83. The average molecular weight is 330 g/mol. The van der Waals surface area contributed by atoms with E-state index in [4.69, 9.17) is 9.84 Å². The van der Waals surface area contributed by atoms with E-state index >= 15 is 0 Å². The summed E-state index contributed by atoms with van der Waals surface area (Å²) in [5.41, 5.74) is 2.22. The third-order valence-electron chi connectivity index (χ3n) is 3.93. The number of carbonyl (C=O) groups is 2. The molecule has 1 N–H and O–H groups in total. The molecule has 0 aliphatic carbocycles. The number of aliphatic carboxylic acids is 1. The highest BCUT2D eigenvalue weighted by Gasteiger charge is 2.33. The summed E-state index contributed by atoms with van der Waals surface area (Å²) in [6.07, 6.45) is 1.72. The molecule has 24 heavy (non-hydrogen) atoms. The Morgan fingerprint density at radius 2 is 2.12 bits per heavy atom. The van der Waals surface area contributed by atoms with Gasteiger partial charge in [-0.3, -0.25) is 4.79 Å². The van der Waals surface area contributed by atoms with Crippen molar-refractivity contribution in [1.82, 2.24) is 19.7 Å². The fourth-order valence-corrected chi connectivity index (χ4v) is 2.81. The maximum atomic E-state index is 12.7. The summed E-state index contributed by atoms with van der Waals surface area (Å²) in [6.45, 7) is 4.05. The summed E-state index contributed by atoms with van der Waals surface area (Å²) in [7, 11) is 0. The van der Waals surface area contributed by atoms with Crippen molar-refractivity contribution in [3.63, 3.8) is 0 Å². The number of hydrogen-bond acceptors (Lipinski definition) is 5. The highest BCUT2D eigenvalue weighted by molar-refractivity contribution is 5.95. The quantitative estimate of drug-likeness (QED) is 0.897. The first-order valence-corrected chi connectivity index (χ1v) is 7.59. The maximum Gasteiger partial charge on any atom is 0.334 e. The molecular weight excluding hydrogens is 312 g/mol. The normalized spacial score (nSPS) is 20.8. The van der Waals surface area contributed by atoms with Gasteiger partial charge >= 0.3 is 5.97 Å². The molecule has 3 rings (SSSR count). The number of carboxylic acids is 1. The molecule has 1 aromatic carbocycles. The van der Waals surface area contributed by atoms with Gasteiger partial charge in [0.05, 0.1) is 18.3 Å². The third-order valence-corrected chi connectivity index (χ3v) is 3.93. The van der Waals surface area contributed by atoms with Crippen LogP contribution in [0.2, 0.25) is 0 Å². The SMILES string of the molecule is Cc1cc(C(=O)N2CC(C(=O)O)O[C@H](C)C2)ccc1-n1cncn1. The zero-order chi connectivity index (χ0) is 17.3. The van der Waals surface area contributed by atoms with Crippen molar-refractivity contribution in [2.24, 2.45) is 0 Å². The number of carboxylic acid groups (broad SMARTS) is 1. The lowest BCUT2D eigenvalue weighted by Crippen LogP contribution is -2.51. The molecule has 0 bridgehead atoms. The van der Waals surface area contributed by atoms with E-state index in [2.05, 4.69) is 10.1 Å². The van der Waals surface area contributed by atoms with E-state index in [0.29, 0.717) is 12.1 Å². The Hall–Kier alpha value is -2.74. The van der Waals surface area contributed by atoms with Crippen LogP contribution in [0.4, 0.5) is 0 Å². The van der Waals surface area contributed by atoms with Crippen molar-refractivity contribution in [3.8, 4) is 5.69 Å². The predicted octanol–water partition coefficient (Wildman–Crippen LogP) is 0.890. The molecule has 1 saturated heterocycles. The van der Waals surface area contributed by atoms with Crippen LogP contribution in [0.5, 0.6) is 0 Å². The van der Waals surface area contributed by atoms with Crippen molar-refractivity contribution in [2.75, 3.05) is 13.1 Å². The van der Waals surface area contributed by atoms with Crippen molar-refractivity contribution in [1.29, 1.82) is 0 Å². The Morgan fingerprint density at radius 1 is 1.33 bits per heavy atom. The summed E-state index contributed by atoms with van der Waals surface area (Å²) < 4.78 is 6.97. The Labute approximate surface area is 138 Å². The Bertz CT molecular complexity index is 759. The summed E-state index contributed by atoms with van der Waals surface area (Å²) in [6, 6.07) is 5.29. The second kappa shape index (κ2) is 6.40. The Morgan fingerprint density at radius 3 is 2.75 bits per heavy atom. The molecule has 8 heteroatoms. The molecule has 1 amide bonds. The molecule has 2 atom stereocenters. The number of nitrogens with zero attached hydrogens (tertiary/aromatic N) is 4. The first kappa shape index (κ1) is 16.1. The van der Waals surface area contributed by atoms with E-state index in [-0.39, 0.29) is 18.6 Å². The van der Waals surface area contributed by atoms with Gasteiger partial charge in [0.25, 0.3) is 5.91 Å². The van der Waals surface area contributed by atoms with Gasteiger partial charge in [-0.05, 0) is 37.6 Å². The lowest BCUT2D eigenvalue weighted by atomic mass is 10.1. The number of morpholine rings is 1. The molecule has 0 spiro atoms. The van der Waals surface area contributed by atoms with Crippen LogP contribution >= 0.6 is 0 Å².